The number of sulfone groups is 1. The summed E-state index contributed by atoms with van der Waals surface area (Å²) in [6.45, 7) is 6.48. The summed E-state index contributed by atoms with van der Waals surface area (Å²) in [6, 6.07) is 9.41. The molecule has 0 radical (unpaired) electrons. The Hall–Kier alpha value is -2.59. The van der Waals surface area contributed by atoms with Crippen LogP contribution < -0.4 is 4.74 Å². The van der Waals surface area contributed by atoms with Gasteiger partial charge in [-0.1, -0.05) is 23.9 Å². The number of para-hydroxylation sites is 1. The number of hydrogen-bond donors (Lipinski definition) is 0. The molecule has 1 saturated heterocycles. The summed E-state index contributed by atoms with van der Waals surface area (Å²) in [6.07, 6.45) is 0.590. The van der Waals surface area contributed by atoms with E-state index >= 15 is 0 Å². The standard InChI is InChI=1S/C23H28N4O4S2/c1-5-26-22(18-8-6-7-9-21(18)31-4)24-25-23(26)32-13-20(28)19-12-15(2)27(16(19)3)17-10-11-33(29,30)14-17/h6-9,12,17H,5,10-11,13-14H2,1-4H3/t17-/m0/s1. The predicted molar refractivity (Wildman–Crippen MR) is 129 cm³/mol. The Bertz CT molecular complexity index is 1290. The number of methoxy groups -OCH3 is 1. The van der Waals surface area contributed by atoms with Crippen LogP contribution in [0.15, 0.2) is 35.5 Å². The zero-order valence-corrected chi connectivity index (χ0v) is 20.9. The third-order valence-electron chi connectivity index (χ3n) is 6.07. The molecule has 0 N–H and O–H groups in total. The number of thioether (sulfide) groups is 1. The van der Waals surface area contributed by atoms with E-state index in [0.29, 0.717) is 35.3 Å². The molecular formula is C23H28N4O4S2. The average molecular weight is 489 g/mol. The largest absolute Gasteiger partial charge is 0.496 e. The van der Waals surface area contributed by atoms with Gasteiger partial charge in [0, 0.05) is 29.5 Å². The van der Waals surface area contributed by atoms with Gasteiger partial charge in [0.2, 0.25) is 0 Å². The smallest absolute Gasteiger partial charge is 0.191 e. The van der Waals surface area contributed by atoms with Crippen LogP contribution >= 0.6 is 11.8 Å². The maximum Gasteiger partial charge on any atom is 0.191 e. The van der Waals surface area contributed by atoms with Crippen LogP contribution in [0.1, 0.15) is 41.1 Å². The summed E-state index contributed by atoms with van der Waals surface area (Å²) in [4.78, 5) is 13.1. The number of benzene rings is 1. The highest BCUT2D eigenvalue weighted by Gasteiger charge is 2.31. The summed E-state index contributed by atoms with van der Waals surface area (Å²) >= 11 is 1.35. The fraction of sp³-hybridized carbons (Fsp3) is 0.435. The van der Waals surface area contributed by atoms with Gasteiger partial charge < -0.3 is 13.9 Å². The van der Waals surface area contributed by atoms with Gasteiger partial charge in [0.05, 0.1) is 29.9 Å². The van der Waals surface area contributed by atoms with Crippen molar-refractivity contribution in [3.05, 3.63) is 47.3 Å². The first-order valence-corrected chi connectivity index (χ1v) is 13.7. The van der Waals surface area contributed by atoms with Crippen molar-refractivity contribution in [1.29, 1.82) is 0 Å². The number of carbonyl (C=O) groups excluding carboxylic acids is 1. The van der Waals surface area contributed by atoms with Gasteiger partial charge in [-0.25, -0.2) is 8.42 Å². The Morgan fingerprint density at radius 1 is 1.24 bits per heavy atom. The average Bonchev–Trinajstić information content (AvgIpc) is 3.46. The second-order valence-electron chi connectivity index (χ2n) is 8.17. The van der Waals surface area contributed by atoms with Crippen molar-refractivity contribution in [2.24, 2.45) is 0 Å². The summed E-state index contributed by atoms with van der Waals surface area (Å²) in [5.74, 6) is 1.97. The zero-order chi connectivity index (χ0) is 23.8. The van der Waals surface area contributed by atoms with Crippen molar-refractivity contribution in [1.82, 2.24) is 19.3 Å². The fourth-order valence-electron chi connectivity index (χ4n) is 4.52. The minimum atomic E-state index is -3.00. The monoisotopic (exact) mass is 488 g/mol. The number of aromatic nitrogens is 4. The van der Waals surface area contributed by atoms with Crippen molar-refractivity contribution in [3.8, 4) is 17.1 Å². The van der Waals surface area contributed by atoms with E-state index in [4.69, 9.17) is 4.74 Å². The number of hydrogen-bond acceptors (Lipinski definition) is 7. The molecule has 176 valence electrons. The molecule has 3 heterocycles. The molecule has 0 unspecified atom stereocenters. The molecule has 1 aliphatic heterocycles. The van der Waals surface area contributed by atoms with Crippen LogP contribution in [0.3, 0.4) is 0 Å². The molecule has 0 aliphatic carbocycles. The van der Waals surface area contributed by atoms with Gasteiger partial charge in [-0.15, -0.1) is 10.2 Å². The number of Topliss-reactive ketones (excluding diaryl/α,β-unsaturated/α-hetero) is 1. The first-order valence-electron chi connectivity index (χ1n) is 10.9. The van der Waals surface area contributed by atoms with Crippen molar-refractivity contribution < 1.29 is 17.9 Å². The van der Waals surface area contributed by atoms with Gasteiger partial charge in [0.25, 0.3) is 0 Å². The third-order valence-corrected chi connectivity index (χ3v) is 8.79. The van der Waals surface area contributed by atoms with Crippen molar-refractivity contribution >= 4 is 27.4 Å². The second-order valence-corrected chi connectivity index (χ2v) is 11.3. The molecule has 10 heteroatoms. The summed E-state index contributed by atoms with van der Waals surface area (Å²) in [7, 11) is -1.38. The molecule has 0 bridgehead atoms. The van der Waals surface area contributed by atoms with Crippen LogP contribution in [0.2, 0.25) is 0 Å². The van der Waals surface area contributed by atoms with Crippen LogP contribution in [0, 0.1) is 13.8 Å². The van der Waals surface area contributed by atoms with Gasteiger partial charge in [-0.3, -0.25) is 4.79 Å². The lowest BCUT2D eigenvalue weighted by Gasteiger charge is -2.16. The van der Waals surface area contributed by atoms with Crippen LogP contribution in [0.5, 0.6) is 5.75 Å². The van der Waals surface area contributed by atoms with E-state index in [1.807, 2.05) is 60.2 Å². The molecule has 8 nitrogen and oxygen atoms in total. The molecule has 1 fully saturated rings. The molecule has 4 rings (SSSR count). The van der Waals surface area contributed by atoms with Gasteiger partial charge in [0.1, 0.15) is 5.75 Å². The topological polar surface area (TPSA) is 96.1 Å². The normalized spacial score (nSPS) is 17.4. The van der Waals surface area contributed by atoms with Crippen LogP contribution in [0.4, 0.5) is 0 Å². The molecular weight excluding hydrogens is 460 g/mol. The Morgan fingerprint density at radius 3 is 2.67 bits per heavy atom. The maximum atomic E-state index is 13.1. The van der Waals surface area contributed by atoms with Crippen LogP contribution in [-0.4, -0.2) is 57.9 Å². The Balaban J connectivity index is 1.53. The number of ketones is 1. The molecule has 1 aliphatic rings. The molecule has 0 spiro atoms. The maximum absolute atomic E-state index is 13.1. The molecule has 1 atom stereocenters. The SMILES string of the molecule is CCn1c(SCC(=O)c2cc(C)n([C@H]3CCS(=O)(=O)C3)c2C)nnc1-c1ccccc1OC. The van der Waals surface area contributed by atoms with E-state index in [1.54, 1.807) is 7.11 Å². The molecule has 33 heavy (non-hydrogen) atoms. The highest BCUT2D eigenvalue weighted by molar-refractivity contribution is 7.99. The molecule has 2 aromatic heterocycles. The lowest BCUT2D eigenvalue weighted by Crippen LogP contribution is -2.14. The van der Waals surface area contributed by atoms with E-state index in [2.05, 4.69) is 10.2 Å². The molecule has 0 saturated carbocycles. The highest BCUT2D eigenvalue weighted by atomic mass is 32.2. The van der Waals surface area contributed by atoms with E-state index in [0.717, 1.165) is 17.0 Å². The van der Waals surface area contributed by atoms with Crippen molar-refractivity contribution in [3.63, 3.8) is 0 Å². The molecule has 0 amide bonds. The zero-order valence-electron chi connectivity index (χ0n) is 19.2. The van der Waals surface area contributed by atoms with Gasteiger partial charge in [-0.2, -0.15) is 0 Å². The number of carbonyl (C=O) groups is 1. The second kappa shape index (κ2) is 9.34. The van der Waals surface area contributed by atoms with E-state index in [-0.39, 0.29) is 29.1 Å². The van der Waals surface area contributed by atoms with E-state index < -0.39 is 9.84 Å². The van der Waals surface area contributed by atoms with Crippen LogP contribution in [0.25, 0.3) is 11.4 Å². The lowest BCUT2D eigenvalue weighted by atomic mass is 10.2. The van der Waals surface area contributed by atoms with Gasteiger partial charge in [-0.05, 0) is 45.4 Å². The first kappa shape index (κ1) is 23.6. The van der Waals surface area contributed by atoms with Gasteiger partial charge in [0.15, 0.2) is 26.6 Å². The van der Waals surface area contributed by atoms with Crippen LogP contribution in [-0.2, 0) is 16.4 Å². The number of aryl methyl sites for hydroxylation is 1. The quantitative estimate of drug-likeness (QED) is 0.352. The first-order chi connectivity index (χ1) is 15.8. The number of nitrogens with zero attached hydrogens (tertiary/aromatic N) is 4. The van der Waals surface area contributed by atoms with Crippen molar-refractivity contribution in [2.45, 2.75) is 44.9 Å². The highest BCUT2D eigenvalue weighted by Crippen LogP contribution is 2.32. The van der Waals surface area contributed by atoms with Crippen molar-refractivity contribution in [2.75, 3.05) is 24.4 Å². The predicted octanol–water partition coefficient (Wildman–Crippen LogP) is 3.73. The fourth-order valence-corrected chi connectivity index (χ4v) is 7.10. The summed E-state index contributed by atoms with van der Waals surface area (Å²) in [5.41, 5.74) is 3.23. The lowest BCUT2D eigenvalue weighted by molar-refractivity contribution is 0.102. The Kier molecular flexibility index (Phi) is 6.67. The number of ether oxygens (including phenoxy) is 1. The third kappa shape index (κ3) is 4.59. The number of rotatable bonds is 8. The minimum Gasteiger partial charge on any atom is -0.496 e. The molecule has 3 aromatic rings. The Morgan fingerprint density at radius 2 is 2.00 bits per heavy atom. The summed E-state index contributed by atoms with van der Waals surface area (Å²) in [5, 5.41) is 9.35. The van der Waals surface area contributed by atoms with E-state index in [9.17, 15) is 13.2 Å². The Labute approximate surface area is 198 Å². The van der Waals surface area contributed by atoms with Gasteiger partial charge >= 0.3 is 0 Å². The summed E-state index contributed by atoms with van der Waals surface area (Å²) < 4.78 is 33.3. The van der Waals surface area contributed by atoms with E-state index in [1.165, 1.54) is 11.8 Å². The molecule has 1 aromatic carbocycles. The minimum absolute atomic E-state index is 0.00954.